The van der Waals surface area contributed by atoms with Crippen molar-refractivity contribution in [2.45, 2.75) is 32.6 Å². The number of nitrogens with one attached hydrogen (secondary N) is 1. The molecule has 1 N–H and O–H groups in total. The maximum Gasteiger partial charge on any atom is 0.193 e. The monoisotopic (exact) mass is 438 g/mol. The zero-order valence-electron chi connectivity index (χ0n) is 14.9. The quantitative estimate of drug-likeness (QED) is 0.187. The molecule has 0 unspecified atom stereocenters. The normalized spacial score (nSPS) is 15.8. The third-order valence-electron chi connectivity index (χ3n) is 3.85. The highest BCUT2D eigenvalue weighted by molar-refractivity contribution is 14.0. The number of hydrogen-bond acceptors (Lipinski definition) is 3. The highest BCUT2D eigenvalue weighted by atomic mass is 127. The van der Waals surface area contributed by atoms with Crippen LogP contribution < -0.4 is 5.32 Å². The van der Waals surface area contributed by atoms with E-state index in [4.69, 9.17) is 9.73 Å². The van der Waals surface area contributed by atoms with Crippen LogP contribution in [0.3, 0.4) is 0 Å². The van der Waals surface area contributed by atoms with Gasteiger partial charge in [-0.3, -0.25) is 9.89 Å². The Hall–Kier alpha value is -0.340. The fraction of sp³-hybridized carbons (Fsp3) is 0.824. The van der Waals surface area contributed by atoms with Gasteiger partial charge in [0.25, 0.3) is 0 Å². The Bertz CT molecular complexity index is 320. The van der Waals surface area contributed by atoms with Crippen molar-refractivity contribution in [1.29, 1.82) is 0 Å². The van der Waals surface area contributed by atoms with Crippen LogP contribution in [0.25, 0.3) is 0 Å². The van der Waals surface area contributed by atoms with Gasteiger partial charge in [0.1, 0.15) is 0 Å². The van der Waals surface area contributed by atoms with Gasteiger partial charge in [0.2, 0.25) is 0 Å². The molecule has 0 spiro atoms. The molecule has 0 aromatic carbocycles. The van der Waals surface area contributed by atoms with Crippen LogP contribution in [0.4, 0.5) is 0 Å². The first kappa shape index (κ1) is 22.7. The molecule has 1 rings (SSSR count). The van der Waals surface area contributed by atoms with Crippen molar-refractivity contribution in [3.8, 4) is 0 Å². The molecule has 1 saturated heterocycles. The van der Waals surface area contributed by atoms with Crippen molar-refractivity contribution in [2.24, 2.45) is 4.99 Å². The van der Waals surface area contributed by atoms with Gasteiger partial charge in [0.15, 0.2) is 5.96 Å². The zero-order valence-corrected chi connectivity index (χ0v) is 17.3. The SMILES string of the molecule is C=CCCCN(C)C(=NCCCCN1CCOCC1)NCC.I. The lowest BCUT2D eigenvalue weighted by molar-refractivity contribution is 0.0373. The Morgan fingerprint density at radius 3 is 2.70 bits per heavy atom. The van der Waals surface area contributed by atoms with E-state index in [1.54, 1.807) is 0 Å². The number of aliphatic imine (C=N–C) groups is 1. The lowest BCUT2D eigenvalue weighted by Gasteiger charge is -2.26. The van der Waals surface area contributed by atoms with Crippen molar-refractivity contribution in [3.63, 3.8) is 0 Å². The number of unbranched alkanes of at least 4 members (excludes halogenated alkanes) is 2. The maximum absolute atomic E-state index is 5.37. The van der Waals surface area contributed by atoms with Crippen LogP contribution in [0.15, 0.2) is 17.6 Å². The van der Waals surface area contributed by atoms with Crippen LogP contribution in [0.5, 0.6) is 0 Å². The molecule has 1 aliphatic rings. The summed E-state index contributed by atoms with van der Waals surface area (Å²) in [6, 6.07) is 0. The Balaban J connectivity index is 0.00000484. The number of morpholine rings is 1. The molecule has 5 nitrogen and oxygen atoms in total. The van der Waals surface area contributed by atoms with Gasteiger partial charge in [0, 0.05) is 39.8 Å². The molecule has 0 atom stereocenters. The second kappa shape index (κ2) is 15.2. The van der Waals surface area contributed by atoms with E-state index in [2.05, 4.69) is 35.7 Å². The minimum Gasteiger partial charge on any atom is -0.379 e. The van der Waals surface area contributed by atoms with Gasteiger partial charge in [-0.25, -0.2) is 0 Å². The number of ether oxygens (including phenoxy) is 1. The Kier molecular flexibility index (Phi) is 15.0. The number of halogens is 1. The number of allylic oxidation sites excluding steroid dienone is 1. The van der Waals surface area contributed by atoms with Crippen LogP contribution >= 0.6 is 24.0 Å². The molecule has 1 heterocycles. The molecule has 0 aromatic rings. The van der Waals surface area contributed by atoms with Gasteiger partial charge in [-0.2, -0.15) is 0 Å². The lowest BCUT2D eigenvalue weighted by atomic mass is 10.3. The van der Waals surface area contributed by atoms with E-state index in [1.165, 1.54) is 13.0 Å². The topological polar surface area (TPSA) is 40.1 Å². The van der Waals surface area contributed by atoms with Crippen molar-refractivity contribution >= 4 is 29.9 Å². The molecule has 6 heteroatoms. The van der Waals surface area contributed by atoms with E-state index in [0.717, 1.165) is 71.2 Å². The van der Waals surface area contributed by atoms with Crippen molar-refractivity contribution in [2.75, 3.05) is 59.5 Å². The van der Waals surface area contributed by atoms with Crippen LogP contribution in [-0.2, 0) is 4.74 Å². The minimum absolute atomic E-state index is 0. The first-order valence-electron chi connectivity index (χ1n) is 8.68. The van der Waals surface area contributed by atoms with Crippen molar-refractivity contribution < 1.29 is 4.74 Å². The standard InChI is InChI=1S/C17H34N4O.HI/c1-4-6-8-11-20(3)17(18-5-2)19-10-7-9-12-21-13-15-22-16-14-21;/h4H,1,5-16H2,2-3H3,(H,18,19);1H. The number of guanidine groups is 1. The predicted molar refractivity (Wildman–Crippen MR) is 110 cm³/mol. The molecular formula is C17H35IN4O. The number of nitrogens with zero attached hydrogens (tertiary/aromatic N) is 3. The second-order valence-corrected chi connectivity index (χ2v) is 5.75. The Morgan fingerprint density at radius 2 is 2.04 bits per heavy atom. The highest BCUT2D eigenvalue weighted by Crippen LogP contribution is 2.01. The minimum atomic E-state index is 0. The molecule has 0 amide bonds. The number of rotatable bonds is 10. The first-order chi connectivity index (χ1) is 10.8. The maximum atomic E-state index is 5.37. The van der Waals surface area contributed by atoms with Gasteiger partial charge >= 0.3 is 0 Å². The third-order valence-corrected chi connectivity index (χ3v) is 3.85. The molecule has 0 aliphatic carbocycles. The largest absolute Gasteiger partial charge is 0.379 e. The molecule has 0 bridgehead atoms. The van der Waals surface area contributed by atoms with Gasteiger partial charge in [0.05, 0.1) is 13.2 Å². The molecular weight excluding hydrogens is 403 g/mol. The van der Waals surface area contributed by atoms with E-state index in [1.807, 2.05) is 6.08 Å². The van der Waals surface area contributed by atoms with Crippen molar-refractivity contribution in [3.05, 3.63) is 12.7 Å². The van der Waals surface area contributed by atoms with E-state index < -0.39 is 0 Å². The summed E-state index contributed by atoms with van der Waals surface area (Å²) in [5, 5.41) is 3.37. The van der Waals surface area contributed by atoms with E-state index >= 15 is 0 Å². The zero-order chi connectivity index (χ0) is 16.0. The summed E-state index contributed by atoms with van der Waals surface area (Å²) in [5.74, 6) is 1.03. The molecule has 0 aromatic heterocycles. The molecule has 0 saturated carbocycles. The summed E-state index contributed by atoms with van der Waals surface area (Å²) in [4.78, 5) is 9.44. The Labute approximate surface area is 159 Å². The van der Waals surface area contributed by atoms with Gasteiger partial charge in [-0.05, 0) is 39.2 Å². The van der Waals surface area contributed by atoms with Crippen LogP contribution in [0.1, 0.15) is 32.6 Å². The molecule has 0 radical (unpaired) electrons. The smallest absolute Gasteiger partial charge is 0.193 e. The Morgan fingerprint density at radius 1 is 1.30 bits per heavy atom. The van der Waals surface area contributed by atoms with Gasteiger partial charge in [-0.1, -0.05) is 6.08 Å². The average Bonchev–Trinajstić information content (AvgIpc) is 2.54. The number of hydrogen-bond donors (Lipinski definition) is 1. The van der Waals surface area contributed by atoms with Gasteiger partial charge < -0.3 is 15.0 Å². The van der Waals surface area contributed by atoms with Crippen LogP contribution in [0.2, 0.25) is 0 Å². The molecule has 136 valence electrons. The van der Waals surface area contributed by atoms with Crippen molar-refractivity contribution in [1.82, 2.24) is 15.1 Å². The van der Waals surface area contributed by atoms with E-state index in [0.29, 0.717) is 0 Å². The molecule has 23 heavy (non-hydrogen) atoms. The lowest BCUT2D eigenvalue weighted by Crippen LogP contribution is -2.39. The van der Waals surface area contributed by atoms with E-state index in [9.17, 15) is 0 Å². The average molecular weight is 438 g/mol. The predicted octanol–water partition coefficient (Wildman–Crippen LogP) is 2.58. The summed E-state index contributed by atoms with van der Waals surface area (Å²) in [7, 11) is 2.11. The van der Waals surface area contributed by atoms with Crippen LogP contribution in [0, 0.1) is 0 Å². The van der Waals surface area contributed by atoms with Gasteiger partial charge in [-0.15, -0.1) is 30.6 Å². The molecule has 1 fully saturated rings. The fourth-order valence-electron chi connectivity index (χ4n) is 2.51. The van der Waals surface area contributed by atoms with Crippen LogP contribution in [-0.4, -0.2) is 75.3 Å². The molecule has 1 aliphatic heterocycles. The summed E-state index contributed by atoms with van der Waals surface area (Å²) < 4.78 is 5.37. The summed E-state index contributed by atoms with van der Waals surface area (Å²) >= 11 is 0. The summed E-state index contributed by atoms with van der Waals surface area (Å²) in [6.45, 7) is 13.8. The highest BCUT2D eigenvalue weighted by Gasteiger charge is 2.09. The summed E-state index contributed by atoms with van der Waals surface area (Å²) in [6.07, 6.45) is 6.52. The second-order valence-electron chi connectivity index (χ2n) is 5.75. The van der Waals surface area contributed by atoms with E-state index in [-0.39, 0.29) is 24.0 Å². The summed E-state index contributed by atoms with van der Waals surface area (Å²) in [5.41, 5.74) is 0. The third kappa shape index (κ3) is 10.9. The first-order valence-corrected chi connectivity index (χ1v) is 8.68. The fourth-order valence-corrected chi connectivity index (χ4v) is 2.51.